The number of H-pyrrole nitrogens is 1. The van der Waals surface area contributed by atoms with E-state index < -0.39 is 0 Å². The van der Waals surface area contributed by atoms with Crippen LogP contribution in [0, 0.1) is 0 Å². The predicted molar refractivity (Wildman–Crippen MR) is 87.3 cm³/mol. The molecule has 0 radical (unpaired) electrons. The Morgan fingerprint density at radius 2 is 2.21 bits per heavy atom. The number of carbonyl (C=O) groups is 2. The average Bonchev–Trinajstić information content (AvgIpc) is 3.27. The van der Waals surface area contributed by atoms with Gasteiger partial charge in [0.15, 0.2) is 11.5 Å². The van der Waals surface area contributed by atoms with Gasteiger partial charge >= 0.3 is 0 Å². The standard InChI is InChI=1S/C16H21N5O3/c1-17-15(22)10-21-6-4-11(5-7-21)18-16(23)13-9-12(19-20-13)14-3-2-8-24-14/h2-3,8-9,11H,4-7,10H2,1H3,(H,17,22)(H,18,23)(H,19,20). The van der Waals surface area contributed by atoms with Crippen molar-refractivity contribution in [3.05, 3.63) is 30.2 Å². The molecule has 0 saturated carbocycles. The summed E-state index contributed by atoms with van der Waals surface area (Å²) in [5.41, 5.74) is 1.01. The normalized spacial score (nSPS) is 16.0. The Kier molecular flexibility index (Phi) is 4.95. The minimum atomic E-state index is -0.200. The van der Waals surface area contributed by atoms with E-state index in [2.05, 4.69) is 25.7 Å². The SMILES string of the molecule is CNC(=O)CN1CCC(NC(=O)c2cc(-c3ccco3)[nH]n2)CC1. The highest BCUT2D eigenvalue weighted by Gasteiger charge is 2.23. The molecule has 2 aromatic rings. The molecule has 128 valence electrons. The minimum absolute atomic E-state index is 0.0134. The summed E-state index contributed by atoms with van der Waals surface area (Å²) in [6.45, 7) is 1.98. The smallest absolute Gasteiger partial charge is 0.272 e. The fourth-order valence-electron chi connectivity index (χ4n) is 2.77. The van der Waals surface area contributed by atoms with Crippen LogP contribution in [0.3, 0.4) is 0 Å². The van der Waals surface area contributed by atoms with E-state index in [9.17, 15) is 9.59 Å². The third-order valence-electron chi connectivity index (χ3n) is 4.17. The molecule has 3 rings (SSSR count). The number of hydrogen-bond donors (Lipinski definition) is 3. The Hall–Kier alpha value is -2.61. The number of nitrogens with one attached hydrogen (secondary N) is 3. The van der Waals surface area contributed by atoms with Gasteiger partial charge in [0.25, 0.3) is 5.91 Å². The fourth-order valence-corrected chi connectivity index (χ4v) is 2.77. The van der Waals surface area contributed by atoms with Crippen LogP contribution < -0.4 is 10.6 Å². The van der Waals surface area contributed by atoms with Crippen LogP contribution in [0.2, 0.25) is 0 Å². The molecule has 8 nitrogen and oxygen atoms in total. The molecule has 8 heteroatoms. The summed E-state index contributed by atoms with van der Waals surface area (Å²) in [7, 11) is 1.64. The van der Waals surface area contributed by atoms with Crippen molar-refractivity contribution in [1.29, 1.82) is 0 Å². The minimum Gasteiger partial charge on any atom is -0.463 e. The van der Waals surface area contributed by atoms with Gasteiger partial charge in [0.05, 0.1) is 12.8 Å². The van der Waals surface area contributed by atoms with Crippen LogP contribution in [0.15, 0.2) is 28.9 Å². The van der Waals surface area contributed by atoms with Crippen molar-refractivity contribution in [2.45, 2.75) is 18.9 Å². The van der Waals surface area contributed by atoms with E-state index in [-0.39, 0.29) is 17.9 Å². The molecule has 2 aromatic heterocycles. The number of rotatable bonds is 5. The second-order valence-electron chi connectivity index (χ2n) is 5.84. The van der Waals surface area contributed by atoms with Crippen LogP contribution in [0.25, 0.3) is 11.5 Å². The summed E-state index contributed by atoms with van der Waals surface area (Å²) >= 11 is 0. The van der Waals surface area contributed by atoms with E-state index in [0.717, 1.165) is 25.9 Å². The highest BCUT2D eigenvalue weighted by Crippen LogP contribution is 2.18. The van der Waals surface area contributed by atoms with Gasteiger partial charge in [0, 0.05) is 32.2 Å². The van der Waals surface area contributed by atoms with Crippen molar-refractivity contribution in [3.8, 4) is 11.5 Å². The average molecular weight is 331 g/mol. The highest BCUT2D eigenvalue weighted by atomic mass is 16.3. The quantitative estimate of drug-likeness (QED) is 0.745. The van der Waals surface area contributed by atoms with E-state index in [1.807, 2.05) is 0 Å². The van der Waals surface area contributed by atoms with E-state index in [1.54, 1.807) is 31.5 Å². The lowest BCUT2D eigenvalue weighted by Crippen LogP contribution is -2.47. The van der Waals surface area contributed by atoms with Gasteiger partial charge < -0.3 is 15.1 Å². The van der Waals surface area contributed by atoms with E-state index in [0.29, 0.717) is 23.7 Å². The van der Waals surface area contributed by atoms with Gasteiger partial charge in [-0.15, -0.1) is 0 Å². The lowest BCUT2D eigenvalue weighted by atomic mass is 10.0. The first-order chi connectivity index (χ1) is 11.7. The molecule has 24 heavy (non-hydrogen) atoms. The number of piperidine rings is 1. The van der Waals surface area contributed by atoms with Crippen LogP contribution in [-0.2, 0) is 4.79 Å². The maximum absolute atomic E-state index is 12.3. The summed E-state index contributed by atoms with van der Waals surface area (Å²) in [5.74, 6) is 0.456. The van der Waals surface area contributed by atoms with Crippen LogP contribution in [0.1, 0.15) is 23.3 Å². The van der Waals surface area contributed by atoms with Crippen molar-refractivity contribution >= 4 is 11.8 Å². The van der Waals surface area contributed by atoms with Crippen LogP contribution in [0.5, 0.6) is 0 Å². The molecule has 1 aliphatic rings. The Morgan fingerprint density at radius 1 is 1.42 bits per heavy atom. The summed E-state index contributed by atoms with van der Waals surface area (Å²) < 4.78 is 5.27. The van der Waals surface area contributed by atoms with Gasteiger partial charge in [-0.1, -0.05) is 0 Å². The summed E-state index contributed by atoms with van der Waals surface area (Å²) in [5, 5.41) is 12.5. The van der Waals surface area contributed by atoms with E-state index in [4.69, 9.17) is 4.42 Å². The molecule has 0 aliphatic carbocycles. The topological polar surface area (TPSA) is 103 Å². The molecule has 1 saturated heterocycles. The number of aromatic amines is 1. The second kappa shape index (κ2) is 7.31. The molecule has 1 aliphatic heterocycles. The third kappa shape index (κ3) is 3.83. The monoisotopic (exact) mass is 331 g/mol. The molecule has 0 atom stereocenters. The number of nitrogens with zero attached hydrogens (tertiary/aromatic N) is 2. The number of hydrogen-bond acceptors (Lipinski definition) is 5. The Bertz CT molecular complexity index is 686. The zero-order valence-electron chi connectivity index (χ0n) is 13.5. The molecule has 0 spiro atoms. The summed E-state index contributed by atoms with van der Waals surface area (Å²) in [6.07, 6.45) is 3.21. The molecule has 0 aromatic carbocycles. The Morgan fingerprint density at radius 3 is 2.88 bits per heavy atom. The van der Waals surface area contributed by atoms with Gasteiger partial charge in [0.1, 0.15) is 5.69 Å². The van der Waals surface area contributed by atoms with Crippen molar-refractivity contribution in [1.82, 2.24) is 25.7 Å². The number of likely N-dealkylation sites (tertiary alicyclic amines) is 1. The Labute approximate surface area is 139 Å². The largest absolute Gasteiger partial charge is 0.463 e. The number of likely N-dealkylation sites (N-methyl/N-ethyl adjacent to an activating group) is 1. The maximum Gasteiger partial charge on any atom is 0.272 e. The molecule has 3 N–H and O–H groups in total. The van der Waals surface area contributed by atoms with Crippen LogP contribution in [-0.4, -0.2) is 59.6 Å². The zero-order chi connectivity index (χ0) is 16.9. The maximum atomic E-state index is 12.3. The summed E-state index contributed by atoms with van der Waals surface area (Å²) in [4.78, 5) is 25.8. The van der Waals surface area contributed by atoms with Crippen molar-refractivity contribution < 1.29 is 14.0 Å². The van der Waals surface area contributed by atoms with Gasteiger partial charge in [-0.2, -0.15) is 5.10 Å². The second-order valence-corrected chi connectivity index (χ2v) is 5.84. The number of amides is 2. The molecule has 0 unspecified atom stereocenters. The van der Waals surface area contributed by atoms with Crippen LogP contribution >= 0.6 is 0 Å². The van der Waals surface area contributed by atoms with Gasteiger partial charge in [0.2, 0.25) is 5.91 Å². The van der Waals surface area contributed by atoms with Crippen molar-refractivity contribution in [2.75, 3.05) is 26.7 Å². The molecular formula is C16H21N5O3. The first-order valence-electron chi connectivity index (χ1n) is 7.99. The third-order valence-corrected chi connectivity index (χ3v) is 4.17. The predicted octanol–water partition coefficient (Wildman–Crippen LogP) is 0.610. The molecule has 1 fully saturated rings. The number of furan rings is 1. The van der Waals surface area contributed by atoms with E-state index in [1.165, 1.54) is 0 Å². The molecule has 2 amide bonds. The zero-order valence-corrected chi connectivity index (χ0v) is 13.5. The molecule has 0 bridgehead atoms. The van der Waals surface area contributed by atoms with Crippen molar-refractivity contribution in [3.63, 3.8) is 0 Å². The lowest BCUT2D eigenvalue weighted by molar-refractivity contribution is -0.122. The first kappa shape index (κ1) is 16.3. The molecule has 3 heterocycles. The van der Waals surface area contributed by atoms with Gasteiger partial charge in [-0.05, 0) is 25.0 Å². The number of aromatic nitrogens is 2. The Balaban J connectivity index is 1.50. The fraction of sp³-hybridized carbons (Fsp3) is 0.438. The van der Waals surface area contributed by atoms with Gasteiger partial charge in [-0.25, -0.2) is 0 Å². The lowest BCUT2D eigenvalue weighted by Gasteiger charge is -2.31. The van der Waals surface area contributed by atoms with Crippen molar-refractivity contribution in [2.24, 2.45) is 0 Å². The first-order valence-corrected chi connectivity index (χ1v) is 7.99. The van der Waals surface area contributed by atoms with Gasteiger partial charge in [-0.3, -0.25) is 19.6 Å². The molecular weight excluding hydrogens is 310 g/mol. The summed E-state index contributed by atoms with van der Waals surface area (Å²) in [6, 6.07) is 5.36. The highest BCUT2D eigenvalue weighted by molar-refractivity contribution is 5.93. The number of carbonyl (C=O) groups excluding carboxylic acids is 2. The van der Waals surface area contributed by atoms with Crippen LogP contribution in [0.4, 0.5) is 0 Å². The van der Waals surface area contributed by atoms with E-state index >= 15 is 0 Å².